The van der Waals surface area contributed by atoms with E-state index in [-0.39, 0.29) is 17.9 Å². The molecule has 0 aliphatic rings. The zero-order chi connectivity index (χ0) is 11.4. The number of hydrogen-bond donors (Lipinski definition) is 2. The largest absolute Gasteiger partial charge is 0.494 e. The number of halogens is 2. The van der Waals surface area contributed by atoms with E-state index in [0.29, 0.717) is 4.47 Å². The first-order valence-corrected chi connectivity index (χ1v) is 4.83. The molecule has 15 heavy (non-hydrogen) atoms. The van der Waals surface area contributed by atoms with Gasteiger partial charge < -0.3 is 15.2 Å². The number of benzene rings is 1. The molecule has 0 unspecified atom stereocenters. The quantitative estimate of drug-likeness (QED) is 0.892. The van der Waals surface area contributed by atoms with E-state index in [1.165, 1.54) is 13.2 Å². The Balaban J connectivity index is 2.98. The highest BCUT2D eigenvalue weighted by Crippen LogP contribution is 2.27. The second kappa shape index (κ2) is 4.97. The zero-order valence-electron chi connectivity index (χ0n) is 7.88. The summed E-state index contributed by atoms with van der Waals surface area (Å²) in [6, 6.07) is 3.06. The molecule has 1 aromatic rings. The Morgan fingerprint density at radius 2 is 2.33 bits per heavy atom. The van der Waals surface area contributed by atoms with Gasteiger partial charge in [-0.25, -0.2) is 9.18 Å². The molecule has 0 aliphatic carbocycles. The van der Waals surface area contributed by atoms with Crippen LogP contribution in [0.25, 0.3) is 0 Å². The molecule has 4 nitrogen and oxygen atoms in total. The number of ether oxygens (including phenoxy) is 1. The smallest absolute Gasteiger partial charge is 0.404 e. The van der Waals surface area contributed by atoms with Crippen LogP contribution in [0, 0.1) is 5.82 Å². The van der Waals surface area contributed by atoms with Crippen LogP contribution in [0.4, 0.5) is 9.18 Å². The fraction of sp³-hybridized carbons (Fsp3) is 0.222. The molecule has 0 saturated heterocycles. The lowest BCUT2D eigenvalue weighted by atomic mass is 10.2. The van der Waals surface area contributed by atoms with E-state index in [4.69, 9.17) is 9.84 Å². The van der Waals surface area contributed by atoms with Crippen molar-refractivity contribution in [1.29, 1.82) is 0 Å². The Kier molecular flexibility index (Phi) is 3.90. The minimum Gasteiger partial charge on any atom is -0.494 e. The van der Waals surface area contributed by atoms with Crippen LogP contribution in [-0.2, 0) is 6.54 Å². The molecule has 0 fully saturated rings. The molecular formula is C9H9BrFNO3. The maximum atomic E-state index is 13.6. The normalized spacial score (nSPS) is 9.80. The number of carboxylic acid groups (broad SMARTS) is 1. The molecule has 0 radical (unpaired) electrons. The number of hydrogen-bond acceptors (Lipinski definition) is 2. The Bertz CT molecular complexity index is 384. The van der Waals surface area contributed by atoms with Gasteiger partial charge in [0.05, 0.1) is 13.7 Å². The van der Waals surface area contributed by atoms with Crippen molar-refractivity contribution in [2.45, 2.75) is 6.54 Å². The Morgan fingerprint density at radius 3 is 2.87 bits per heavy atom. The van der Waals surface area contributed by atoms with Crippen LogP contribution in [0.15, 0.2) is 16.6 Å². The minimum absolute atomic E-state index is 0.0837. The third kappa shape index (κ3) is 2.82. The average molecular weight is 278 g/mol. The van der Waals surface area contributed by atoms with E-state index in [0.717, 1.165) is 0 Å². The second-order valence-electron chi connectivity index (χ2n) is 2.70. The first-order chi connectivity index (χ1) is 7.06. The number of amides is 1. The van der Waals surface area contributed by atoms with Gasteiger partial charge in [-0.05, 0) is 12.1 Å². The van der Waals surface area contributed by atoms with Crippen molar-refractivity contribution in [3.05, 3.63) is 28.0 Å². The molecule has 0 bridgehead atoms. The maximum absolute atomic E-state index is 13.6. The molecule has 0 heterocycles. The summed E-state index contributed by atoms with van der Waals surface area (Å²) in [6.07, 6.45) is -1.20. The lowest BCUT2D eigenvalue weighted by Crippen LogP contribution is -2.21. The van der Waals surface area contributed by atoms with Crippen LogP contribution in [0.3, 0.4) is 0 Å². The highest BCUT2D eigenvalue weighted by molar-refractivity contribution is 9.10. The monoisotopic (exact) mass is 277 g/mol. The Morgan fingerprint density at radius 1 is 1.67 bits per heavy atom. The molecule has 1 amide bonds. The van der Waals surface area contributed by atoms with Crippen molar-refractivity contribution in [3.8, 4) is 5.75 Å². The SMILES string of the molecule is COc1ccc(Br)c(CNC(=O)O)c1F. The summed E-state index contributed by atoms with van der Waals surface area (Å²) in [5.74, 6) is -0.485. The number of rotatable bonds is 3. The van der Waals surface area contributed by atoms with Crippen molar-refractivity contribution in [1.82, 2.24) is 5.32 Å². The summed E-state index contributed by atoms with van der Waals surface area (Å²) in [7, 11) is 1.35. The van der Waals surface area contributed by atoms with Gasteiger partial charge in [0.25, 0.3) is 0 Å². The van der Waals surface area contributed by atoms with Gasteiger partial charge in [-0.15, -0.1) is 0 Å². The van der Waals surface area contributed by atoms with Crippen molar-refractivity contribution in [2.75, 3.05) is 7.11 Å². The van der Waals surface area contributed by atoms with Gasteiger partial charge in [0.15, 0.2) is 11.6 Å². The lowest BCUT2D eigenvalue weighted by molar-refractivity contribution is 0.193. The summed E-state index contributed by atoms with van der Waals surface area (Å²) < 4.78 is 18.9. The highest BCUT2D eigenvalue weighted by Gasteiger charge is 2.12. The van der Waals surface area contributed by atoms with Gasteiger partial charge >= 0.3 is 6.09 Å². The van der Waals surface area contributed by atoms with Gasteiger partial charge in [-0.3, -0.25) is 0 Å². The molecule has 1 rings (SSSR count). The third-order valence-electron chi connectivity index (χ3n) is 1.79. The summed E-state index contributed by atoms with van der Waals surface area (Å²) in [5, 5.41) is 10.5. The van der Waals surface area contributed by atoms with E-state index in [1.807, 2.05) is 0 Å². The third-order valence-corrected chi connectivity index (χ3v) is 2.53. The lowest BCUT2D eigenvalue weighted by Gasteiger charge is -2.09. The summed E-state index contributed by atoms with van der Waals surface area (Å²) in [4.78, 5) is 10.3. The molecule has 1 aromatic carbocycles. The van der Waals surface area contributed by atoms with Crippen LogP contribution < -0.4 is 10.1 Å². The van der Waals surface area contributed by atoms with Gasteiger partial charge in [-0.2, -0.15) is 0 Å². The van der Waals surface area contributed by atoms with E-state index in [9.17, 15) is 9.18 Å². The summed E-state index contributed by atoms with van der Waals surface area (Å²) in [6.45, 7) is -0.112. The fourth-order valence-electron chi connectivity index (χ4n) is 1.06. The molecule has 0 aromatic heterocycles. The minimum atomic E-state index is -1.20. The number of methoxy groups -OCH3 is 1. The Hall–Kier alpha value is -1.30. The van der Waals surface area contributed by atoms with Crippen LogP contribution in [0.1, 0.15) is 5.56 Å². The van der Waals surface area contributed by atoms with Gasteiger partial charge in [0.1, 0.15) is 0 Å². The second-order valence-corrected chi connectivity index (χ2v) is 3.56. The summed E-state index contributed by atoms with van der Waals surface area (Å²) >= 11 is 3.13. The van der Waals surface area contributed by atoms with Crippen LogP contribution in [0.2, 0.25) is 0 Å². The van der Waals surface area contributed by atoms with Gasteiger partial charge in [0.2, 0.25) is 0 Å². The molecule has 0 spiro atoms. The number of carbonyl (C=O) groups is 1. The molecule has 82 valence electrons. The molecule has 0 saturated carbocycles. The number of nitrogens with one attached hydrogen (secondary N) is 1. The zero-order valence-corrected chi connectivity index (χ0v) is 9.47. The Labute approximate surface area is 94.2 Å². The van der Waals surface area contributed by atoms with Crippen LogP contribution >= 0.6 is 15.9 Å². The van der Waals surface area contributed by atoms with E-state index < -0.39 is 11.9 Å². The topological polar surface area (TPSA) is 58.6 Å². The molecular weight excluding hydrogens is 269 g/mol. The van der Waals surface area contributed by atoms with Gasteiger partial charge in [-0.1, -0.05) is 15.9 Å². The van der Waals surface area contributed by atoms with E-state index in [1.54, 1.807) is 6.07 Å². The summed E-state index contributed by atoms with van der Waals surface area (Å²) in [5.41, 5.74) is 0.219. The average Bonchev–Trinajstić information content (AvgIpc) is 2.17. The highest BCUT2D eigenvalue weighted by atomic mass is 79.9. The predicted molar refractivity (Wildman–Crippen MR) is 55.5 cm³/mol. The van der Waals surface area contributed by atoms with Crippen molar-refractivity contribution >= 4 is 22.0 Å². The molecule has 2 N–H and O–H groups in total. The van der Waals surface area contributed by atoms with Crippen LogP contribution in [-0.4, -0.2) is 18.3 Å². The maximum Gasteiger partial charge on any atom is 0.404 e. The molecule has 0 aliphatic heterocycles. The van der Waals surface area contributed by atoms with Crippen LogP contribution in [0.5, 0.6) is 5.75 Å². The van der Waals surface area contributed by atoms with E-state index in [2.05, 4.69) is 21.2 Å². The van der Waals surface area contributed by atoms with Crippen molar-refractivity contribution in [2.24, 2.45) is 0 Å². The van der Waals surface area contributed by atoms with E-state index >= 15 is 0 Å². The first-order valence-electron chi connectivity index (χ1n) is 4.04. The molecule has 0 atom stereocenters. The standard InChI is InChI=1S/C9H9BrFNO3/c1-15-7-3-2-6(10)5(8(7)11)4-12-9(13)14/h2-3,12H,4H2,1H3,(H,13,14). The first kappa shape index (κ1) is 11.8. The van der Waals surface area contributed by atoms with Crippen molar-refractivity contribution < 1.29 is 19.0 Å². The van der Waals surface area contributed by atoms with Crippen molar-refractivity contribution in [3.63, 3.8) is 0 Å². The molecule has 6 heteroatoms. The van der Waals surface area contributed by atoms with Gasteiger partial charge in [0, 0.05) is 10.0 Å². The fourth-order valence-corrected chi connectivity index (χ4v) is 1.51. The predicted octanol–water partition coefficient (Wildman–Crippen LogP) is 2.36.